The third-order valence-electron chi connectivity index (χ3n) is 6.38. The zero-order valence-corrected chi connectivity index (χ0v) is 20.5. The van der Waals surface area contributed by atoms with Crippen molar-refractivity contribution >= 4 is 11.7 Å². The van der Waals surface area contributed by atoms with Gasteiger partial charge in [-0.3, -0.25) is 25.0 Å². The highest BCUT2D eigenvalue weighted by atomic mass is 16.6. The number of hydrogen-bond acceptors (Lipinski definition) is 8. The molecule has 192 valence electrons. The molecule has 0 aliphatic heterocycles. The van der Waals surface area contributed by atoms with Crippen LogP contribution in [-0.4, -0.2) is 15.8 Å². The van der Waals surface area contributed by atoms with E-state index >= 15 is 0 Å². The molecule has 0 spiro atoms. The Morgan fingerprint density at radius 3 is 1.92 bits per heavy atom. The van der Waals surface area contributed by atoms with Gasteiger partial charge in [0.15, 0.2) is 6.10 Å². The number of rotatable bonds is 7. The van der Waals surface area contributed by atoms with E-state index in [1.807, 2.05) is 12.1 Å². The van der Waals surface area contributed by atoms with E-state index in [4.69, 9.17) is 14.2 Å². The lowest BCUT2D eigenvalue weighted by Crippen LogP contribution is -2.14. The number of hydrogen-bond donors (Lipinski definition) is 0. The van der Waals surface area contributed by atoms with E-state index in [2.05, 4.69) is 0 Å². The number of nitro groups is 2. The van der Waals surface area contributed by atoms with Crippen LogP contribution in [0.5, 0.6) is 17.2 Å². The van der Waals surface area contributed by atoms with Crippen molar-refractivity contribution in [1.29, 1.82) is 0 Å². The minimum Gasteiger partial charge on any atom is -0.462 e. The number of carbonyl (C=O) groups is 1. The number of allylic oxidation sites excluding steroid dienone is 4. The molecule has 0 saturated carbocycles. The second-order valence-electron chi connectivity index (χ2n) is 9.03. The van der Waals surface area contributed by atoms with E-state index in [1.54, 1.807) is 37.3 Å². The summed E-state index contributed by atoms with van der Waals surface area (Å²) in [6.45, 7) is 3.11. The lowest BCUT2D eigenvalue weighted by atomic mass is 9.98. The van der Waals surface area contributed by atoms with Gasteiger partial charge in [0.25, 0.3) is 5.69 Å². The molecule has 2 unspecified atom stereocenters. The Hall–Kier alpha value is -4.99. The van der Waals surface area contributed by atoms with Crippen molar-refractivity contribution in [2.45, 2.75) is 26.4 Å². The van der Waals surface area contributed by atoms with Crippen LogP contribution in [0.25, 0.3) is 11.1 Å². The Morgan fingerprint density at radius 2 is 1.39 bits per heavy atom. The highest BCUT2D eigenvalue weighted by molar-refractivity contribution is 5.81. The molecule has 0 radical (unpaired) electrons. The summed E-state index contributed by atoms with van der Waals surface area (Å²) in [5.74, 6) is 1.28. The molecule has 2 aliphatic carbocycles. The van der Waals surface area contributed by atoms with Crippen LogP contribution in [0.15, 0.2) is 84.3 Å². The molecule has 38 heavy (non-hydrogen) atoms. The van der Waals surface area contributed by atoms with Crippen molar-refractivity contribution in [1.82, 2.24) is 0 Å². The molecular weight excluding hydrogens is 492 g/mol. The number of benzene rings is 3. The fourth-order valence-electron chi connectivity index (χ4n) is 4.65. The number of nitro benzene ring substituents is 1. The molecule has 0 aromatic heterocycles. The first kappa shape index (κ1) is 24.7. The van der Waals surface area contributed by atoms with Crippen molar-refractivity contribution in [3.05, 3.63) is 116 Å². The topological polar surface area (TPSA) is 131 Å². The second kappa shape index (κ2) is 9.81. The molecule has 10 nitrogen and oxygen atoms in total. The summed E-state index contributed by atoms with van der Waals surface area (Å²) >= 11 is 0. The molecule has 5 rings (SSSR count). The number of fused-ring (bicyclic) bond motifs is 3. The Balaban J connectivity index is 1.43. The Labute approximate surface area is 217 Å². The standard InChI is InChI=1S/C28H22N2O8/c1-16-13-20(9-12-27(16)30(34)35)38-22-8-11-24-23-10-7-21(37-19-5-3-18(4-6-19)29(32)33)14-25(23)28(26(24)15-22)36-17(2)31/h3-12,14-16,28H,13H2,1-2H3. The lowest BCUT2D eigenvalue weighted by Gasteiger charge is -2.18. The number of carbonyl (C=O) groups excluding carboxylic acids is 1. The summed E-state index contributed by atoms with van der Waals surface area (Å²) in [6, 6.07) is 16.7. The van der Waals surface area contributed by atoms with Crippen LogP contribution in [0.4, 0.5) is 5.69 Å². The quantitative estimate of drug-likeness (QED) is 0.199. The summed E-state index contributed by atoms with van der Waals surface area (Å²) in [6.07, 6.45) is 2.76. The van der Waals surface area contributed by atoms with E-state index < -0.39 is 17.0 Å². The fraction of sp³-hybridized carbons (Fsp3) is 0.179. The minimum atomic E-state index is -0.693. The predicted octanol–water partition coefficient (Wildman–Crippen LogP) is 6.48. The van der Waals surface area contributed by atoms with Gasteiger partial charge < -0.3 is 14.2 Å². The molecule has 0 saturated heterocycles. The van der Waals surface area contributed by atoms with Crippen LogP contribution in [0.3, 0.4) is 0 Å². The Kier molecular flexibility index (Phi) is 6.38. The number of esters is 1. The maximum Gasteiger partial charge on any atom is 0.303 e. The highest BCUT2D eigenvalue weighted by Gasteiger charge is 2.32. The largest absolute Gasteiger partial charge is 0.462 e. The van der Waals surface area contributed by atoms with E-state index in [0.29, 0.717) is 29.4 Å². The zero-order valence-electron chi connectivity index (χ0n) is 20.5. The van der Waals surface area contributed by atoms with E-state index in [1.165, 1.54) is 37.3 Å². The lowest BCUT2D eigenvalue weighted by molar-refractivity contribution is -0.433. The summed E-state index contributed by atoms with van der Waals surface area (Å²) in [4.78, 5) is 33.2. The molecule has 2 aliphatic rings. The van der Waals surface area contributed by atoms with Gasteiger partial charge in [-0.15, -0.1) is 0 Å². The SMILES string of the molecule is CC(=O)OC1c2cc(OC3=CC=C([N+](=O)[O-])C(C)C3)ccc2-c2ccc(Oc3ccc([N+](=O)[O-])cc3)cc21. The van der Waals surface area contributed by atoms with E-state index in [0.717, 1.165) is 22.3 Å². The second-order valence-corrected chi connectivity index (χ2v) is 9.03. The monoisotopic (exact) mass is 514 g/mol. The predicted molar refractivity (Wildman–Crippen MR) is 136 cm³/mol. The van der Waals surface area contributed by atoms with Gasteiger partial charge in [0.05, 0.1) is 15.8 Å². The molecule has 0 fully saturated rings. The average Bonchev–Trinajstić information content (AvgIpc) is 3.16. The molecule has 0 N–H and O–H groups in total. The molecule has 0 heterocycles. The molecular formula is C28H22N2O8. The van der Waals surface area contributed by atoms with Gasteiger partial charge >= 0.3 is 5.97 Å². The summed E-state index contributed by atoms with van der Waals surface area (Å²) < 4.78 is 17.6. The number of nitrogens with zero attached hydrogens (tertiary/aromatic N) is 2. The van der Waals surface area contributed by atoms with Crippen LogP contribution in [-0.2, 0) is 9.53 Å². The molecule has 10 heteroatoms. The van der Waals surface area contributed by atoms with Crippen molar-refractivity contribution in [2.24, 2.45) is 5.92 Å². The first-order chi connectivity index (χ1) is 18.2. The van der Waals surface area contributed by atoms with Gasteiger partial charge in [-0.25, -0.2) is 0 Å². The van der Waals surface area contributed by atoms with Gasteiger partial charge in [0.1, 0.15) is 23.0 Å². The van der Waals surface area contributed by atoms with Gasteiger partial charge in [0.2, 0.25) is 5.70 Å². The fourth-order valence-corrected chi connectivity index (χ4v) is 4.65. The maximum absolute atomic E-state index is 12.0. The van der Waals surface area contributed by atoms with Crippen molar-refractivity contribution in [3.63, 3.8) is 0 Å². The third-order valence-corrected chi connectivity index (χ3v) is 6.38. The Morgan fingerprint density at radius 1 is 0.816 bits per heavy atom. The van der Waals surface area contributed by atoms with Gasteiger partial charge in [-0.2, -0.15) is 0 Å². The number of ether oxygens (including phenoxy) is 3. The normalized spacial score (nSPS) is 17.4. The molecule has 2 atom stereocenters. The first-order valence-electron chi connectivity index (χ1n) is 11.8. The van der Waals surface area contributed by atoms with E-state index in [-0.39, 0.29) is 22.2 Å². The highest BCUT2D eigenvalue weighted by Crippen LogP contribution is 2.48. The summed E-state index contributed by atoms with van der Waals surface area (Å²) in [7, 11) is 0. The smallest absolute Gasteiger partial charge is 0.303 e. The van der Waals surface area contributed by atoms with Crippen LogP contribution >= 0.6 is 0 Å². The van der Waals surface area contributed by atoms with Crippen molar-refractivity contribution in [2.75, 3.05) is 0 Å². The van der Waals surface area contributed by atoms with Crippen molar-refractivity contribution < 1.29 is 28.9 Å². The van der Waals surface area contributed by atoms with Crippen molar-refractivity contribution in [3.8, 4) is 28.4 Å². The first-order valence-corrected chi connectivity index (χ1v) is 11.8. The maximum atomic E-state index is 12.0. The van der Waals surface area contributed by atoms with Crippen LogP contribution < -0.4 is 9.47 Å². The van der Waals surface area contributed by atoms with Gasteiger partial charge in [-0.05, 0) is 53.6 Å². The van der Waals surface area contributed by atoms with Crippen LogP contribution in [0.1, 0.15) is 37.5 Å². The average molecular weight is 514 g/mol. The minimum absolute atomic E-state index is 0.0395. The number of non-ortho nitro benzene ring substituents is 1. The Bertz CT molecular complexity index is 1520. The zero-order chi connectivity index (χ0) is 27.0. The van der Waals surface area contributed by atoms with Gasteiger partial charge in [0, 0.05) is 42.7 Å². The molecule has 3 aromatic carbocycles. The summed E-state index contributed by atoms with van der Waals surface area (Å²) in [5, 5.41) is 22.0. The van der Waals surface area contributed by atoms with Gasteiger partial charge in [-0.1, -0.05) is 19.1 Å². The molecule has 3 aromatic rings. The van der Waals surface area contributed by atoms with E-state index in [9.17, 15) is 25.0 Å². The van der Waals surface area contributed by atoms with Crippen LogP contribution in [0.2, 0.25) is 0 Å². The van der Waals surface area contributed by atoms with Crippen LogP contribution in [0, 0.1) is 26.1 Å². The third kappa shape index (κ3) is 4.83. The summed E-state index contributed by atoms with van der Waals surface area (Å²) in [5.41, 5.74) is 3.33. The molecule has 0 bridgehead atoms. The molecule has 0 amide bonds.